The number of carboxylic acids is 1. The lowest BCUT2D eigenvalue weighted by Gasteiger charge is -2.14. The van der Waals surface area contributed by atoms with Crippen molar-refractivity contribution in [3.05, 3.63) is 70.8 Å². The molecule has 5 nitrogen and oxygen atoms in total. The topological polar surface area (TPSA) is 91.7 Å². The van der Waals surface area contributed by atoms with Crippen LogP contribution in [-0.2, 0) is 14.6 Å². The Labute approximate surface area is 149 Å². The van der Waals surface area contributed by atoms with E-state index in [2.05, 4.69) is 0 Å². The van der Waals surface area contributed by atoms with Crippen molar-refractivity contribution in [2.45, 2.75) is 11.3 Å². The number of carbonyl (C=O) groups is 1. The average molecular weight is 382 g/mol. The number of carboxylic acid groups (broad SMARTS) is 1. The van der Waals surface area contributed by atoms with Gasteiger partial charge in [-0.25, -0.2) is 22.0 Å². The summed E-state index contributed by atoms with van der Waals surface area (Å²) in [5, 5.41) is 18.6. The summed E-state index contributed by atoms with van der Waals surface area (Å²) in [7, 11) is -3.46. The number of rotatable bonds is 6. The minimum atomic E-state index is -3.46. The van der Waals surface area contributed by atoms with Crippen molar-refractivity contribution >= 4 is 21.4 Å². The Bertz CT molecular complexity index is 943. The zero-order chi connectivity index (χ0) is 19.5. The van der Waals surface area contributed by atoms with E-state index < -0.39 is 34.0 Å². The molecular weight excluding hydrogens is 366 g/mol. The van der Waals surface area contributed by atoms with Crippen LogP contribution in [-0.4, -0.2) is 37.5 Å². The minimum Gasteiger partial charge on any atom is -0.478 e. The van der Waals surface area contributed by atoms with E-state index in [1.54, 1.807) is 0 Å². The van der Waals surface area contributed by atoms with Crippen molar-refractivity contribution in [3.8, 4) is 0 Å². The molecule has 0 fully saturated rings. The van der Waals surface area contributed by atoms with Crippen LogP contribution in [0, 0.1) is 11.6 Å². The molecule has 26 heavy (non-hydrogen) atoms. The second-order valence-corrected chi connectivity index (χ2v) is 7.60. The largest absolute Gasteiger partial charge is 0.478 e. The molecule has 0 bridgehead atoms. The fourth-order valence-electron chi connectivity index (χ4n) is 2.53. The fraction of sp³-hybridized carbons (Fsp3) is 0.167. The summed E-state index contributed by atoms with van der Waals surface area (Å²) in [6.45, 7) is -0.482. The van der Waals surface area contributed by atoms with Gasteiger partial charge in [0.05, 0.1) is 4.90 Å². The molecule has 0 aromatic heterocycles. The van der Waals surface area contributed by atoms with Gasteiger partial charge in [0.2, 0.25) is 0 Å². The Morgan fingerprint density at radius 1 is 1.00 bits per heavy atom. The molecule has 0 aliphatic heterocycles. The highest BCUT2D eigenvalue weighted by Gasteiger charge is 2.19. The molecule has 0 saturated carbocycles. The lowest BCUT2D eigenvalue weighted by Crippen LogP contribution is -2.08. The van der Waals surface area contributed by atoms with E-state index in [9.17, 15) is 27.1 Å². The minimum absolute atomic E-state index is 0.00463. The van der Waals surface area contributed by atoms with Gasteiger partial charge in [0.25, 0.3) is 0 Å². The van der Waals surface area contributed by atoms with Gasteiger partial charge in [-0.1, -0.05) is 12.1 Å². The molecule has 0 saturated heterocycles. The molecule has 2 aromatic carbocycles. The number of halogens is 2. The highest BCUT2D eigenvalue weighted by molar-refractivity contribution is 7.90. The molecule has 0 spiro atoms. The molecular formula is C18H16F2O5S. The molecule has 0 aliphatic rings. The molecule has 2 N–H and O–H groups in total. The summed E-state index contributed by atoms with van der Waals surface area (Å²) in [6.07, 6.45) is 0.770. The first-order chi connectivity index (χ1) is 12.1. The van der Waals surface area contributed by atoms with E-state index in [4.69, 9.17) is 5.11 Å². The van der Waals surface area contributed by atoms with E-state index in [0.29, 0.717) is 6.07 Å². The molecule has 2 rings (SSSR count). The number of hydrogen-bond acceptors (Lipinski definition) is 4. The Morgan fingerprint density at radius 3 is 1.96 bits per heavy atom. The van der Waals surface area contributed by atoms with Crippen LogP contribution in [0.15, 0.2) is 52.9 Å². The number of sulfone groups is 1. The van der Waals surface area contributed by atoms with Crippen molar-refractivity contribution in [1.29, 1.82) is 0 Å². The van der Waals surface area contributed by atoms with Crippen molar-refractivity contribution in [3.63, 3.8) is 0 Å². The number of benzene rings is 2. The maximum Gasteiger partial charge on any atom is 0.332 e. The van der Waals surface area contributed by atoms with Gasteiger partial charge in [0, 0.05) is 30.9 Å². The smallest absolute Gasteiger partial charge is 0.332 e. The normalized spacial score (nSPS) is 12.6. The Balaban J connectivity index is 2.76. The second-order valence-electron chi connectivity index (χ2n) is 5.59. The Morgan fingerprint density at radius 2 is 1.54 bits per heavy atom. The monoisotopic (exact) mass is 382 g/mol. The predicted octanol–water partition coefficient (Wildman–Crippen LogP) is 2.64. The van der Waals surface area contributed by atoms with Gasteiger partial charge in [0.15, 0.2) is 9.84 Å². The number of aliphatic carboxylic acids is 1. The zero-order valence-corrected chi connectivity index (χ0v) is 14.6. The van der Waals surface area contributed by atoms with Crippen LogP contribution in [0.4, 0.5) is 8.78 Å². The van der Waals surface area contributed by atoms with Crippen LogP contribution >= 0.6 is 0 Å². The molecule has 8 heteroatoms. The summed E-state index contributed by atoms with van der Waals surface area (Å²) in [5.41, 5.74) is -0.0108. The lowest BCUT2D eigenvalue weighted by molar-refractivity contribution is -0.132. The van der Waals surface area contributed by atoms with E-state index in [0.717, 1.165) is 18.4 Å². The third kappa shape index (κ3) is 4.53. The predicted molar refractivity (Wildman–Crippen MR) is 91.3 cm³/mol. The van der Waals surface area contributed by atoms with Gasteiger partial charge < -0.3 is 10.2 Å². The van der Waals surface area contributed by atoms with Gasteiger partial charge in [-0.3, -0.25) is 0 Å². The van der Waals surface area contributed by atoms with Gasteiger partial charge in [-0.15, -0.1) is 0 Å². The third-order valence-corrected chi connectivity index (χ3v) is 4.77. The lowest BCUT2D eigenvalue weighted by atomic mass is 9.91. The van der Waals surface area contributed by atoms with E-state index in [-0.39, 0.29) is 33.6 Å². The summed E-state index contributed by atoms with van der Waals surface area (Å²) >= 11 is 0. The van der Waals surface area contributed by atoms with Crippen LogP contribution in [0.1, 0.15) is 17.5 Å². The van der Waals surface area contributed by atoms with Crippen molar-refractivity contribution in [1.82, 2.24) is 0 Å². The summed E-state index contributed by atoms with van der Waals surface area (Å²) < 4.78 is 50.4. The third-order valence-electron chi connectivity index (χ3n) is 3.64. The first kappa shape index (κ1) is 19.7. The standard InChI is InChI=1S/C18H16F2O5S/c1-26(24,25)15-4-2-11(3-5-15)17(16(6-7-21)18(22)23)12-8-13(19)10-14(20)9-12/h2-5,8-10,21H,6-7H2,1H3,(H,22,23). The molecule has 0 atom stereocenters. The molecule has 0 radical (unpaired) electrons. The van der Waals surface area contributed by atoms with Crippen LogP contribution < -0.4 is 0 Å². The first-order valence-electron chi connectivity index (χ1n) is 7.47. The molecule has 2 aromatic rings. The highest BCUT2D eigenvalue weighted by atomic mass is 32.2. The molecule has 0 heterocycles. The van der Waals surface area contributed by atoms with Crippen LogP contribution in [0.5, 0.6) is 0 Å². The summed E-state index contributed by atoms with van der Waals surface area (Å²) in [6, 6.07) is 7.87. The first-order valence-corrected chi connectivity index (χ1v) is 9.37. The van der Waals surface area contributed by atoms with Gasteiger partial charge in [-0.2, -0.15) is 0 Å². The molecule has 138 valence electrons. The van der Waals surface area contributed by atoms with E-state index in [1.165, 1.54) is 24.3 Å². The zero-order valence-electron chi connectivity index (χ0n) is 13.7. The molecule has 0 amide bonds. The summed E-state index contributed by atoms with van der Waals surface area (Å²) in [5.74, 6) is -3.14. The fourth-order valence-corrected chi connectivity index (χ4v) is 3.16. The Hall–Kier alpha value is -2.58. The molecule has 0 aliphatic carbocycles. The van der Waals surface area contributed by atoms with Crippen LogP contribution in [0.3, 0.4) is 0 Å². The van der Waals surface area contributed by atoms with Crippen molar-refractivity contribution < 1.29 is 32.2 Å². The SMILES string of the molecule is CS(=O)(=O)c1ccc(C(=C(CCO)C(=O)O)c2cc(F)cc(F)c2)cc1. The van der Waals surface area contributed by atoms with Crippen LogP contribution in [0.2, 0.25) is 0 Å². The quantitative estimate of drug-likeness (QED) is 0.750. The number of aliphatic hydroxyl groups excluding tert-OH is 1. The Kier molecular flexibility index (Phi) is 5.89. The van der Waals surface area contributed by atoms with Crippen LogP contribution in [0.25, 0.3) is 5.57 Å². The molecule has 0 unspecified atom stereocenters. The van der Waals surface area contributed by atoms with Gasteiger partial charge in [-0.05, 0) is 41.0 Å². The maximum absolute atomic E-state index is 13.6. The van der Waals surface area contributed by atoms with Gasteiger partial charge in [0.1, 0.15) is 11.6 Å². The highest BCUT2D eigenvalue weighted by Crippen LogP contribution is 2.30. The number of hydrogen-bond donors (Lipinski definition) is 2. The van der Waals surface area contributed by atoms with Gasteiger partial charge >= 0.3 is 5.97 Å². The number of aliphatic hydroxyl groups is 1. The summed E-state index contributed by atoms with van der Waals surface area (Å²) in [4.78, 5) is 11.6. The maximum atomic E-state index is 13.6. The average Bonchev–Trinajstić information content (AvgIpc) is 2.53. The van der Waals surface area contributed by atoms with E-state index >= 15 is 0 Å². The second kappa shape index (κ2) is 7.76. The van der Waals surface area contributed by atoms with E-state index in [1.807, 2.05) is 0 Å². The van der Waals surface area contributed by atoms with Crippen molar-refractivity contribution in [2.75, 3.05) is 12.9 Å². The van der Waals surface area contributed by atoms with Crippen molar-refractivity contribution in [2.24, 2.45) is 0 Å².